The van der Waals surface area contributed by atoms with Crippen molar-refractivity contribution in [1.29, 1.82) is 0 Å². The minimum absolute atomic E-state index is 0.141. The van der Waals surface area contributed by atoms with E-state index < -0.39 is 0 Å². The first-order chi connectivity index (χ1) is 12.3. The average molecular weight is 334 g/mol. The number of benzene rings is 2. The van der Waals surface area contributed by atoms with Crippen LogP contribution in [-0.4, -0.2) is 30.2 Å². The molecule has 25 heavy (non-hydrogen) atoms. The number of Topliss-reactive ketones (excluding diaryl/α,β-unsaturated/α-hetero) is 1. The molecular weight excluding hydrogens is 312 g/mol. The lowest BCUT2D eigenvalue weighted by Crippen LogP contribution is -2.33. The minimum Gasteiger partial charge on any atom is -0.302 e. The lowest BCUT2D eigenvalue weighted by molar-refractivity contribution is -0.176. The van der Waals surface area contributed by atoms with Gasteiger partial charge in [0, 0.05) is 17.7 Å². The number of nitrogens with zero attached hydrogens (tertiary/aromatic N) is 2. The highest BCUT2D eigenvalue weighted by Gasteiger charge is 2.29. The van der Waals surface area contributed by atoms with E-state index in [4.69, 9.17) is 9.83 Å². The Morgan fingerprint density at radius 2 is 1.80 bits per heavy atom. The SMILES string of the molecule is CON1CCCCC1c1ccccc1C1=Nc2ccccc2C(=O)C1. The van der Waals surface area contributed by atoms with Crippen LogP contribution in [0.3, 0.4) is 0 Å². The molecule has 2 aromatic carbocycles. The highest BCUT2D eigenvalue weighted by molar-refractivity contribution is 6.21. The van der Waals surface area contributed by atoms with Crippen molar-refractivity contribution in [2.24, 2.45) is 4.99 Å². The van der Waals surface area contributed by atoms with Gasteiger partial charge in [-0.2, -0.15) is 5.06 Å². The topological polar surface area (TPSA) is 41.9 Å². The van der Waals surface area contributed by atoms with E-state index in [1.54, 1.807) is 7.11 Å². The molecule has 0 spiro atoms. The Kier molecular flexibility index (Phi) is 4.47. The number of fused-ring (bicyclic) bond motifs is 1. The molecule has 0 aliphatic carbocycles. The smallest absolute Gasteiger partial charge is 0.171 e. The summed E-state index contributed by atoms with van der Waals surface area (Å²) < 4.78 is 0. The highest BCUT2D eigenvalue weighted by Crippen LogP contribution is 2.35. The van der Waals surface area contributed by atoms with Gasteiger partial charge in [0.15, 0.2) is 5.78 Å². The standard InChI is InChI=1S/C21H22N2O2/c1-25-23-13-7-6-12-20(23)16-9-3-2-8-15(16)19-14-21(24)17-10-4-5-11-18(17)22-19/h2-5,8-11,20H,6-7,12-14H2,1H3. The third-order valence-electron chi connectivity index (χ3n) is 5.11. The van der Waals surface area contributed by atoms with Crippen molar-refractivity contribution in [2.75, 3.05) is 13.7 Å². The fraction of sp³-hybridized carbons (Fsp3) is 0.333. The molecule has 0 bridgehead atoms. The van der Waals surface area contributed by atoms with E-state index in [0.717, 1.165) is 41.9 Å². The van der Waals surface area contributed by atoms with E-state index in [1.165, 1.54) is 12.0 Å². The van der Waals surface area contributed by atoms with Gasteiger partial charge in [-0.25, -0.2) is 0 Å². The van der Waals surface area contributed by atoms with Crippen molar-refractivity contribution in [3.05, 3.63) is 65.2 Å². The molecule has 0 N–H and O–H groups in total. The third kappa shape index (κ3) is 3.03. The van der Waals surface area contributed by atoms with Gasteiger partial charge in [0.05, 0.1) is 31.0 Å². The van der Waals surface area contributed by atoms with Crippen molar-refractivity contribution >= 4 is 17.2 Å². The number of ketones is 1. The number of piperidine rings is 1. The van der Waals surface area contributed by atoms with Crippen LogP contribution in [0.2, 0.25) is 0 Å². The second-order valence-corrected chi connectivity index (χ2v) is 6.60. The largest absolute Gasteiger partial charge is 0.302 e. The van der Waals surface area contributed by atoms with Crippen LogP contribution in [0.5, 0.6) is 0 Å². The van der Waals surface area contributed by atoms with E-state index in [2.05, 4.69) is 23.3 Å². The highest BCUT2D eigenvalue weighted by atomic mass is 16.7. The summed E-state index contributed by atoms with van der Waals surface area (Å²) >= 11 is 0. The first-order valence-electron chi connectivity index (χ1n) is 8.88. The zero-order chi connectivity index (χ0) is 17.2. The Morgan fingerprint density at radius 3 is 2.64 bits per heavy atom. The first kappa shape index (κ1) is 16.2. The number of hydrogen-bond donors (Lipinski definition) is 0. The molecule has 0 amide bonds. The average Bonchev–Trinajstić information content (AvgIpc) is 2.68. The molecule has 2 heterocycles. The Hall–Kier alpha value is -2.30. The van der Waals surface area contributed by atoms with Crippen LogP contribution in [0.4, 0.5) is 5.69 Å². The van der Waals surface area contributed by atoms with Gasteiger partial charge >= 0.3 is 0 Å². The predicted octanol–water partition coefficient (Wildman–Crippen LogP) is 4.48. The molecule has 1 unspecified atom stereocenters. The summed E-state index contributed by atoms with van der Waals surface area (Å²) in [6, 6.07) is 16.1. The van der Waals surface area contributed by atoms with Crippen molar-refractivity contribution < 1.29 is 9.63 Å². The van der Waals surface area contributed by atoms with Crippen LogP contribution in [0.25, 0.3) is 0 Å². The van der Waals surface area contributed by atoms with Crippen LogP contribution in [0, 0.1) is 0 Å². The normalized spacial score (nSPS) is 20.9. The summed E-state index contributed by atoms with van der Waals surface area (Å²) in [5.41, 5.74) is 4.63. The molecule has 128 valence electrons. The summed E-state index contributed by atoms with van der Waals surface area (Å²) in [5.74, 6) is 0.141. The van der Waals surface area contributed by atoms with Gasteiger partial charge in [-0.05, 0) is 30.5 Å². The molecule has 2 aliphatic heterocycles. The fourth-order valence-electron chi connectivity index (χ4n) is 3.88. The Labute approximate surface area is 148 Å². The molecule has 0 aromatic heterocycles. The first-order valence-corrected chi connectivity index (χ1v) is 8.88. The van der Waals surface area contributed by atoms with Gasteiger partial charge in [-0.3, -0.25) is 9.79 Å². The van der Waals surface area contributed by atoms with Crippen LogP contribution in [0.15, 0.2) is 53.5 Å². The lowest BCUT2D eigenvalue weighted by atomic mass is 9.88. The molecule has 1 fully saturated rings. The zero-order valence-electron chi connectivity index (χ0n) is 14.4. The Balaban J connectivity index is 1.77. The van der Waals surface area contributed by atoms with Crippen LogP contribution >= 0.6 is 0 Å². The van der Waals surface area contributed by atoms with E-state index in [0.29, 0.717) is 6.42 Å². The molecular formula is C21H22N2O2. The fourth-order valence-corrected chi connectivity index (χ4v) is 3.88. The zero-order valence-corrected chi connectivity index (χ0v) is 14.4. The monoisotopic (exact) mass is 334 g/mol. The third-order valence-corrected chi connectivity index (χ3v) is 5.11. The maximum atomic E-state index is 12.6. The van der Waals surface area contributed by atoms with Gasteiger partial charge in [-0.1, -0.05) is 42.8 Å². The van der Waals surface area contributed by atoms with Gasteiger partial charge in [-0.15, -0.1) is 0 Å². The van der Waals surface area contributed by atoms with Gasteiger partial charge < -0.3 is 4.84 Å². The van der Waals surface area contributed by atoms with Gasteiger partial charge in [0.2, 0.25) is 0 Å². The van der Waals surface area contributed by atoms with Crippen LogP contribution in [-0.2, 0) is 4.84 Å². The maximum Gasteiger partial charge on any atom is 0.171 e. The summed E-state index contributed by atoms with van der Waals surface area (Å²) in [7, 11) is 1.73. The van der Waals surface area contributed by atoms with Crippen molar-refractivity contribution in [3.8, 4) is 0 Å². The molecule has 0 saturated carbocycles. The molecule has 4 heteroatoms. The van der Waals surface area contributed by atoms with E-state index in [1.807, 2.05) is 30.3 Å². The van der Waals surface area contributed by atoms with E-state index in [-0.39, 0.29) is 11.8 Å². The van der Waals surface area contributed by atoms with E-state index >= 15 is 0 Å². The summed E-state index contributed by atoms with van der Waals surface area (Å²) in [5, 5.41) is 2.06. The number of hydroxylamine groups is 2. The minimum atomic E-state index is 0.141. The summed E-state index contributed by atoms with van der Waals surface area (Å²) in [4.78, 5) is 23.0. The van der Waals surface area contributed by atoms with Crippen molar-refractivity contribution in [2.45, 2.75) is 31.7 Å². The summed E-state index contributed by atoms with van der Waals surface area (Å²) in [6.07, 6.45) is 3.75. The second-order valence-electron chi connectivity index (χ2n) is 6.60. The quantitative estimate of drug-likeness (QED) is 0.831. The molecule has 1 atom stereocenters. The molecule has 4 rings (SSSR count). The number of rotatable bonds is 3. The predicted molar refractivity (Wildman–Crippen MR) is 98.3 cm³/mol. The van der Waals surface area contributed by atoms with Crippen molar-refractivity contribution in [1.82, 2.24) is 5.06 Å². The molecule has 4 nitrogen and oxygen atoms in total. The summed E-state index contributed by atoms with van der Waals surface area (Å²) in [6.45, 7) is 0.934. The van der Waals surface area contributed by atoms with Crippen molar-refractivity contribution in [3.63, 3.8) is 0 Å². The number of carbonyl (C=O) groups is 1. The number of carbonyl (C=O) groups excluding carboxylic acids is 1. The molecule has 1 saturated heterocycles. The number of hydrogen-bond acceptors (Lipinski definition) is 4. The Morgan fingerprint density at radius 1 is 1.04 bits per heavy atom. The van der Waals surface area contributed by atoms with Gasteiger partial charge in [0.25, 0.3) is 0 Å². The van der Waals surface area contributed by atoms with Gasteiger partial charge in [0.1, 0.15) is 0 Å². The number of para-hydroxylation sites is 1. The molecule has 0 radical (unpaired) electrons. The van der Waals surface area contributed by atoms with E-state index in [9.17, 15) is 4.79 Å². The van der Waals surface area contributed by atoms with Crippen LogP contribution < -0.4 is 0 Å². The number of aliphatic imine (C=N–C) groups is 1. The second kappa shape index (κ2) is 6.90. The molecule has 2 aromatic rings. The van der Waals surface area contributed by atoms with Crippen LogP contribution in [0.1, 0.15) is 53.2 Å². The molecule has 2 aliphatic rings. The lowest BCUT2D eigenvalue weighted by Gasteiger charge is -2.35. The maximum absolute atomic E-state index is 12.6. The Bertz CT molecular complexity index is 828.